The molecule has 2 rings (SSSR count). The van der Waals surface area contributed by atoms with Gasteiger partial charge < -0.3 is 10.1 Å². The van der Waals surface area contributed by atoms with Crippen LogP contribution in [-0.2, 0) is 6.54 Å². The highest BCUT2D eigenvalue weighted by molar-refractivity contribution is 9.11. The van der Waals surface area contributed by atoms with Gasteiger partial charge in [0.15, 0.2) is 0 Å². The number of benzene rings is 1. The molecule has 2 aromatic rings. The average molecular weight is 400 g/mol. The van der Waals surface area contributed by atoms with Crippen molar-refractivity contribution in [3.63, 3.8) is 0 Å². The van der Waals surface area contributed by atoms with Crippen LogP contribution in [0.4, 0.5) is 5.69 Å². The second-order valence-electron chi connectivity index (χ2n) is 4.60. The summed E-state index contributed by atoms with van der Waals surface area (Å²) in [6, 6.07) is 9.91. The number of nitrogens with zero attached hydrogens (tertiary/aromatic N) is 1. The van der Waals surface area contributed by atoms with E-state index in [1.165, 1.54) is 0 Å². The summed E-state index contributed by atoms with van der Waals surface area (Å²) in [6.07, 6.45) is 1.94. The zero-order valence-corrected chi connectivity index (χ0v) is 14.5. The fraction of sp³-hybridized carbons (Fsp3) is 0.267. The molecule has 0 amide bonds. The van der Waals surface area contributed by atoms with Gasteiger partial charge in [-0.1, -0.05) is 12.1 Å². The number of nitrogens with one attached hydrogen (secondary N) is 1. The maximum atomic E-state index is 5.78. The maximum absolute atomic E-state index is 5.78. The van der Waals surface area contributed by atoms with Gasteiger partial charge in [0.2, 0.25) is 0 Å². The Balaban J connectivity index is 2.10. The van der Waals surface area contributed by atoms with Crippen molar-refractivity contribution in [3.8, 4) is 5.75 Å². The first-order chi connectivity index (χ1) is 9.56. The third kappa shape index (κ3) is 4.21. The number of anilines is 1. The van der Waals surface area contributed by atoms with Crippen molar-refractivity contribution in [2.75, 3.05) is 5.32 Å². The summed E-state index contributed by atoms with van der Waals surface area (Å²) < 4.78 is 7.71. The molecule has 0 unspecified atom stereocenters. The first-order valence-electron chi connectivity index (χ1n) is 6.35. The molecule has 1 N–H and O–H groups in total. The molecule has 0 spiro atoms. The summed E-state index contributed by atoms with van der Waals surface area (Å²) in [6.45, 7) is 4.67. The molecule has 1 aromatic heterocycles. The van der Waals surface area contributed by atoms with Crippen molar-refractivity contribution in [2.24, 2.45) is 0 Å². The normalized spacial score (nSPS) is 10.7. The summed E-state index contributed by atoms with van der Waals surface area (Å²) in [5.41, 5.74) is 1.92. The lowest BCUT2D eigenvalue weighted by Crippen LogP contribution is -2.09. The van der Waals surface area contributed by atoms with Gasteiger partial charge in [0.25, 0.3) is 0 Å². The minimum absolute atomic E-state index is 0.149. The van der Waals surface area contributed by atoms with Crippen LogP contribution in [0.1, 0.15) is 19.5 Å². The Labute approximate surface area is 136 Å². The zero-order valence-electron chi connectivity index (χ0n) is 11.4. The predicted molar refractivity (Wildman–Crippen MR) is 89.2 cm³/mol. The fourth-order valence-electron chi connectivity index (χ4n) is 1.72. The van der Waals surface area contributed by atoms with E-state index >= 15 is 0 Å². The lowest BCUT2D eigenvalue weighted by atomic mass is 10.2. The number of hydrogen-bond donors (Lipinski definition) is 1. The Bertz CT molecular complexity index is 588. The van der Waals surface area contributed by atoms with Crippen LogP contribution in [0.2, 0.25) is 0 Å². The maximum Gasteiger partial charge on any atom is 0.142 e. The van der Waals surface area contributed by atoms with Gasteiger partial charge in [-0.3, -0.25) is 4.98 Å². The fourth-order valence-corrected chi connectivity index (χ4v) is 2.85. The smallest absolute Gasteiger partial charge is 0.142 e. The third-order valence-corrected chi connectivity index (χ3v) is 3.70. The number of pyridine rings is 1. The largest absolute Gasteiger partial charge is 0.489 e. The highest BCUT2D eigenvalue weighted by atomic mass is 79.9. The standard InChI is InChI=1S/C15H16Br2N2O/c1-10(2)20-15-6-4-3-5-13(15)19-9-14-12(17)7-11(16)8-18-14/h3-8,10,19H,9H2,1-2H3. The van der Waals surface area contributed by atoms with Gasteiger partial charge in [-0.15, -0.1) is 0 Å². The van der Waals surface area contributed by atoms with Crippen LogP contribution in [0.5, 0.6) is 5.75 Å². The van der Waals surface area contributed by atoms with Crippen LogP contribution in [-0.4, -0.2) is 11.1 Å². The lowest BCUT2D eigenvalue weighted by Gasteiger charge is -2.15. The molecule has 0 saturated heterocycles. The Morgan fingerprint density at radius 3 is 2.70 bits per heavy atom. The quantitative estimate of drug-likeness (QED) is 0.767. The summed E-state index contributed by atoms with van der Waals surface area (Å²) in [7, 11) is 0. The van der Waals surface area contributed by atoms with Crippen LogP contribution in [0.3, 0.4) is 0 Å². The van der Waals surface area contributed by atoms with E-state index in [0.29, 0.717) is 6.54 Å². The van der Waals surface area contributed by atoms with Crippen LogP contribution in [0, 0.1) is 0 Å². The monoisotopic (exact) mass is 398 g/mol. The lowest BCUT2D eigenvalue weighted by molar-refractivity contribution is 0.243. The second kappa shape index (κ2) is 7.09. The molecule has 0 saturated carbocycles. The molecule has 5 heteroatoms. The van der Waals surface area contributed by atoms with E-state index in [2.05, 4.69) is 42.2 Å². The molecule has 0 fully saturated rings. The first kappa shape index (κ1) is 15.3. The Hall–Kier alpha value is -1.07. The number of rotatable bonds is 5. The number of halogens is 2. The average Bonchev–Trinajstić information content (AvgIpc) is 2.39. The molecule has 106 valence electrons. The number of para-hydroxylation sites is 2. The molecule has 1 heterocycles. The molecule has 0 radical (unpaired) electrons. The molecule has 0 aliphatic carbocycles. The summed E-state index contributed by atoms with van der Waals surface area (Å²) in [5, 5.41) is 3.36. The van der Waals surface area contributed by atoms with E-state index in [1.807, 2.05) is 44.2 Å². The van der Waals surface area contributed by atoms with E-state index in [1.54, 1.807) is 6.20 Å². The Morgan fingerprint density at radius 1 is 1.25 bits per heavy atom. The molecular weight excluding hydrogens is 384 g/mol. The van der Waals surface area contributed by atoms with E-state index < -0.39 is 0 Å². The van der Waals surface area contributed by atoms with Crippen molar-refractivity contribution in [1.82, 2.24) is 4.98 Å². The van der Waals surface area contributed by atoms with Crippen molar-refractivity contribution >= 4 is 37.5 Å². The zero-order chi connectivity index (χ0) is 14.5. The van der Waals surface area contributed by atoms with E-state index in [9.17, 15) is 0 Å². The van der Waals surface area contributed by atoms with E-state index in [4.69, 9.17) is 4.74 Å². The highest BCUT2D eigenvalue weighted by Crippen LogP contribution is 2.26. The number of ether oxygens (including phenoxy) is 1. The molecule has 0 aliphatic rings. The molecule has 0 atom stereocenters. The van der Waals surface area contributed by atoms with Crippen molar-refractivity contribution in [2.45, 2.75) is 26.5 Å². The summed E-state index contributed by atoms with van der Waals surface area (Å²) in [5.74, 6) is 0.857. The van der Waals surface area contributed by atoms with E-state index in [-0.39, 0.29) is 6.10 Å². The number of hydrogen-bond acceptors (Lipinski definition) is 3. The Kier molecular flexibility index (Phi) is 5.43. The van der Waals surface area contributed by atoms with Gasteiger partial charge in [0, 0.05) is 15.1 Å². The van der Waals surface area contributed by atoms with Gasteiger partial charge in [-0.25, -0.2) is 0 Å². The minimum Gasteiger partial charge on any atom is -0.489 e. The highest BCUT2D eigenvalue weighted by Gasteiger charge is 2.07. The van der Waals surface area contributed by atoms with Crippen molar-refractivity contribution in [3.05, 3.63) is 51.2 Å². The van der Waals surface area contributed by atoms with Crippen LogP contribution in [0.15, 0.2) is 45.5 Å². The first-order valence-corrected chi connectivity index (χ1v) is 7.94. The van der Waals surface area contributed by atoms with Gasteiger partial charge in [-0.05, 0) is 63.9 Å². The molecule has 0 bridgehead atoms. The molecule has 1 aromatic carbocycles. The molecule has 20 heavy (non-hydrogen) atoms. The van der Waals surface area contributed by atoms with Gasteiger partial charge in [0.05, 0.1) is 24.0 Å². The molecular formula is C15H16Br2N2O. The number of aromatic nitrogens is 1. The SMILES string of the molecule is CC(C)Oc1ccccc1NCc1ncc(Br)cc1Br. The van der Waals surface area contributed by atoms with Gasteiger partial charge in [0.1, 0.15) is 5.75 Å². The second-order valence-corrected chi connectivity index (χ2v) is 6.37. The third-order valence-electron chi connectivity index (χ3n) is 2.58. The summed E-state index contributed by atoms with van der Waals surface area (Å²) in [4.78, 5) is 4.39. The minimum atomic E-state index is 0.149. The summed E-state index contributed by atoms with van der Waals surface area (Å²) >= 11 is 6.91. The molecule has 0 aliphatic heterocycles. The van der Waals surface area contributed by atoms with Gasteiger partial charge >= 0.3 is 0 Å². The van der Waals surface area contributed by atoms with Crippen LogP contribution >= 0.6 is 31.9 Å². The van der Waals surface area contributed by atoms with Crippen molar-refractivity contribution in [1.29, 1.82) is 0 Å². The molecule has 3 nitrogen and oxygen atoms in total. The van der Waals surface area contributed by atoms with Gasteiger partial charge in [-0.2, -0.15) is 0 Å². The predicted octanol–water partition coefficient (Wildman–Crippen LogP) is 5.01. The van der Waals surface area contributed by atoms with Crippen molar-refractivity contribution < 1.29 is 4.74 Å². The van der Waals surface area contributed by atoms with E-state index in [0.717, 1.165) is 26.1 Å². The topological polar surface area (TPSA) is 34.1 Å². The van der Waals surface area contributed by atoms with Crippen LogP contribution in [0.25, 0.3) is 0 Å². The Morgan fingerprint density at radius 2 is 2.00 bits per heavy atom. The van der Waals surface area contributed by atoms with Crippen LogP contribution < -0.4 is 10.1 Å².